The smallest absolute Gasteiger partial charge is 0.253 e. The van der Waals surface area contributed by atoms with Gasteiger partial charge in [0, 0.05) is 24.8 Å². The molecule has 0 unspecified atom stereocenters. The maximum Gasteiger partial charge on any atom is 0.253 e. The third kappa shape index (κ3) is 3.47. The minimum Gasteiger partial charge on any atom is -0.314 e. The molecule has 0 bridgehead atoms. The Morgan fingerprint density at radius 1 is 1.47 bits per heavy atom. The van der Waals surface area contributed by atoms with Gasteiger partial charge in [-0.15, -0.1) is 0 Å². The molecule has 0 spiro atoms. The first-order chi connectivity index (χ1) is 7.36. The lowest BCUT2D eigenvalue weighted by atomic mass is 10.3. The second-order valence-corrected chi connectivity index (χ2v) is 4.05. The topological polar surface area (TPSA) is 46.9 Å². The average molecular weight is 207 g/mol. The highest BCUT2D eigenvalue weighted by molar-refractivity contribution is 4.82. The van der Waals surface area contributed by atoms with Gasteiger partial charge in [0.2, 0.25) is 0 Å². The second-order valence-electron chi connectivity index (χ2n) is 4.05. The largest absolute Gasteiger partial charge is 0.314 e. The molecule has 4 nitrogen and oxygen atoms in total. The fourth-order valence-corrected chi connectivity index (χ4v) is 1.55. The predicted octanol–water partition coefficient (Wildman–Crippen LogP) is 0.776. The normalized spacial score (nSPS) is 15.5. The Morgan fingerprint density at radius 3 is 3.07 bits per heavy atom. The van der Waals surface area contributed by atoms with Gasteiger partial charge in [-0.25, -0.2) is 4.98 Å². The van der Waals surface area contributed by atoms with Crippen molar-refractivity contribution < 1.29 is 0 Å². The monoisotopic (exact) mass is 207 g/mol. The summed E-state index contributed by atoms with van der Waals surface area (Å²) in [6.45, 7) is 1.85. The minimum absolute atomic E-state index is 0.0418. The molecule has 0 saturated heterocycles. The van der Waals surface area contributed by atoms with Gasteiger partial charge in [0.05, 0.1) is 6.33 Å². The van der Waals surface area contributed by atoms with Crippen LogP contribution in [0.15, 0.2) is 23.4 Å². The fraction of sp³-hybridized carbons (Fsp3) is 0.636. The molecule has 0 atom stereocenters. The van der Waals surface area contributed by atoms with Crippen molar-refractivity contribution in [1.29, 1.82) is 0 Å². The van der Waals surface area contributed by atoms with Gasteiger partial charge in [0.1, 0.15) is 0 Å². The van der Waals surface area contributed by atoms with Crippen molar-refractivity contribution in [3.63, 3.8) is 0 Å². The molecule has 1 aliphatic carbocycles. The van der Waals surface area contributed by atoms with Crippen LogP contribution in [0.1, 0.15) is 25.7 Å². The Kier molecular flexibility index (Phi) is 3.50. The number of aromatic nitrogens is 2. The quantitative estimate of drug-likeness (QED) is 0.701. The Hall–Kier alpha value is -1.16. The molecule has 15 heavy (non-hydrogen) atoms. The Morgan fingerprint density at radius 2 is 2.33 bits per heavy atom. The summed E-state index contributed by atoms with van der Waals surface area (Å²) >= 11 is 0. The highest BCUT2D eigenvalue weighted by atomic mass is 16.1. The molecule has 1 aromatic rings. The zero-order valence-corrected chi connectivity index (χ0v) is 8.85. The first kappa shape index (κ1) is 10.4. The Labute approximate surface area is 89.3 Å². The van der Waals surface area contributed by atoms with E-state index in [9.17, 15) is 4.79 Å². The predicted molar refractivity (Wildman–Crippen MR) is 58.8 cm³/mol. The van der Waals surface area contributed by atoms with Crippen molar-refractivity contribution in [1.82, 2.24) is 14.9 Å². The standard InChI is InChI=1S/C11H17N3O/c15-11-5-7-12-9-14(11)8-2-1-6-13-10-3-4-10/h5,7,9-10,13H,1-4,6,8H2. The molecule has 1 heterocycles. The summed E-state index contributed by atoms with van der Waals surface area (Å²) < 4.78 is 1.66. The number of nitrogens with zero attached hydrogens (tertiary/aromatic N) is 2. The number of hydrogen-bond donors (Lipinski definition) is 1. The first-order valence-electron chi connectivity index (χ1n) is 5.60. The molecule has 2 rings (SSSR count). The molecule has 1 saturated carbocycles. The number of hydrogen-bond acceptors (Lipinski definition) is 3. The van der Waals surface area contributed by atoms with Gasteiger partial charge in [-0.05, 0) is 32.2 Å². The molecule has 0 amide bonds. The molecule has 1 N–H and O–H groups in total. The van der Waals surface area contributed by atoms with Crippen LogP contribution in [0.25, 0.3) is 0 Å². The van der Waals surface area contributed by atoms with Crippen LogP contribution >= 0.6 is 0 Å². The van der Waals surface area contributed by atoms with Crippen molar-refractivity contribution in [3.8, 4) is 0 Å². The summed E-state index contributed by atoms with van der Waals surface area (Å²) in [5.41, 5.74) is 0.0418. The minimum atomic E-state index is 0.0418. The van der Waals surface area contributed by atoms with Gasteiger partial charge >= 0.3 is 0 Å². The Bertz CT molecular complexity index is 357. The van der Waals surface area contributed by atoms with E-state index in [4.69, 9.17) is 0 Å². The van der Waals surface area contributed by atoms with Crippen LogP contribution in [-0.2, 0) is 6.54 Å². The molecule has 1 aromatic heterocycles. The summed E-state index contributed by atoms with van der Waals surface area (Å²) in [5, 5.41) is 3.45. The van der Waals surface area contributed by atoms with E-state index in [1.54, 1.807) is 10.9 Å². The lowest BCUT2D eigenvalue weighted by molar-refractivity contribution is 0.553. The van der Waals surface area contributed by atoms with E-state index < -0.39 is 0 Å². The summed E-state index contributed by atoms with van der Waals surface area (Å²) in [4.78, 5) is 15.2. The van der Waals surface area contributed by atoms with E-state index in [1.807, 2.05) is 0 Å². The van der Waals surface area contributed by atoms with Gasteiger partial charge in [-0.1, -0.05) is 0 Å². The molecule has 1 aliphatic rings. The van der Waals surface area contributed by atoms with E-state index in [0.29, 0.717) is 0 Å². The van der Waals surface area contributed by atoms with Crippen molar-refractivity contribution in [2.24, 2.45) is 0 Å². The van der Waals surface area contributed by atoms with Gasteiger partial charge in [-0.3, -0.25) is 9.36 Å². The van der Waals surface area contributed by atoms with Gasteiger partial charge in [0.15, 0.2) is 0 Å². The highest BCUT2D eigenvalue weighted by Gasteiger charge is 2.19. The van der Waals surface area contributed by atoms with E-state index >= 15 is 0 Å². The lowest BCUT2D eigenvalue weighted by Crippen LogP contribution is -2.21. The summed E-state index contributed by atoms with van der Waals surface area (Å²) in [6, 6.07) is 2.29. The maximum absolute atomic E-state index is 11.3. The molecule has 0 aliphatic heterocycles. The second kappa shape index (κ2) is 5.07. The summed E-state index contributed by atoms with van der Waals surface area (Å²) in [5.74, 6) is 0. The molecule has 0 aromatic carbocycles. The van der Waals surface area contributed by atoms with Gasteiger partial charge in [-0.2, -0.15) is 0 Å². The van der Waals surface area contributed by atoms with Gasteiger partial charge in [0.25, 0.3) is 5.56 Å². The van der Waals surface area contributed by atoms with Crippen LogP contribution in [0.5, 0.6) is 0 Å². The van der Waals surface area contributed by atoms with E-state index in [0.717, 1.165) is 32.0 Å². The Balaban J connectivity index is 1.64. The molecule has 0 radical (unpaired) electrons. The third-order valence-electron chi connectivity index (χ3n) is 2.63. The maximum atomic E-state index is 11.3. The summed E-state index contributed by atoms with van der Waals surface area (Å²) in [7, 11) is 0. The molecule has 82 valence electrons. The van der Waals surface area contributed by atoms with E-state index in [-0.39, 0.29) is 5.56 Å². The van der Waals surface area contributed by atoms with Crippen LogP contribution in [0.4, 0.5) is 0 Å². The average Bonchev–Trinajstić information content (AvgIpc) is 3.04. The molecule has 1 fully saturated rings. The van der Waals surface area contributed by atoms with Crippen LogP contribution in [0.3, 0.4) is 0 Å². The lowest BCUT2D eigenvalue weighted by Gasteiger charge is -2.04. The number of unbranched alkanes of at least 4 members (excludes halogenated alkanes) is 1. The zero-order chi connectivity index (χ0) is 10.5. The van der Waals surface area contributed by atoms with Crippen LogP contribution in [-0.4, -0.2) is 22.1 Å². The summed E-state index contributed by atoms with van der Waals surface area (Å²) in [6.07, 6.45) is 7.97. The van der Waals surface area contributed by atoms with Crippen LogP contribution in [0, 0.1) is 0 Å². The van der Waals surface area contributed by atoms with Crippen molar-refractivity contribution in [2.75, 3.05) is 6.54 Å². The van der Waals surface area contributed by atoms with E-state index in [2.05, 4.69) is 10.3 Å². The fourth-order valence-electron chi connectivity index (χ4n) is 1.55. The first-order valence-corrected chi connectivity index (χ1v) is 5.60. The van der Waals surface area contributed by atoms with Crippen molar-refractivity contribution >= 4 is 0 Å². The van der Waals surface area contributed by atoms with Crippen molar-refractivity contribution in [3.05, 3.63) is 28.9 Å². The number of rotatable bonds is 6. The third-order valence-corrected chi connectivity index (χ3v) is 2.63. The molecular formula is C11H17N3O. The van der Waals surface area contributed by atoms with Gasteiger partial charge < -0.3 is 5.32 Å². The van der Waals surface area contributed by atoms with Crippen LogP contribution in [0.2, 0.25) is 0 Å². The number of aryl methyl sites for hydroxylation is 1. The van der Waals surface area contributed by atoms with Crippen LogP contribution < -0.4 is 10.9 Å². The highest BCUT2D eigenvalue weighted by Crippen LogP contribution is 2.18. The molecule has 4 heteroatoms. The molecular weight excluding hydrogens is 190 g/mol. The van der Waals surface area contributed by atoms with Crippen molar-refractivity contribution in [2.45, 2.75) is 38.3 Å². The SMILES string of the molecule is O=c1ccncn1CCCCNC1CC1. The van der Waals surface area contributed by atoms with E-state index in [1.165, 1.54) is 25.1 Å². The zero-order valence-electron chi connectivity index (χ0n) is 8.85. The number of nitrogens with one attached hydrogen (secondary N) is 1.